The summed E-state index contributed by atoms with van der Waals surface area (Å²) in [5.41, 5.74) is 0. The van der Waals surface area contributed by atoms with Crippen molar-refractivity contribution in [2.24, 2.45) is 0 Å². The fourth-order valence-corrected chi connectivity index (χ4v) is 3.28. The van der Waals surface area contributed by atoms with Gasteiger partial charge in [-0.25, -0.2) is 0 Å². The molecule has 1 rings (SSSR count). The van der Waals surface area contributed by atoms with Gasteiger partial charge < -0.3 is 29.9 Å². The van der Waals surface area contributed by atoms with E-state index in [-0.39, 0.29) is 25.0 Å². The minimum absolute atomic E-state index is 0.00420. The van der Waals surface area contributed by atoms with Crippen LogP contribution in [0.25, 0.3) is 0 Å². The smallest absolute Gasteiger partial charge is 0.234 e. The first-order valence-electron chi connectivity index (χ1n) is 10.6. The van der Waals surface area contributed by atoms with Gasteiger partial charge in [-0.2, -0.15) is 0 Å². The van der Waals surface area contributed by atoms with Crippen LogP contribution < -0.4 is 5.32 Å². The summed E-state index contributed by atoms with van der Waals surface area (Å²) in [6.07, 6.45) is 0.309. The third-order valence-electron chi connectivity index (χ3n) is 5.07. The van der Waals surface area contributed by atoms with Crippen LogP contribution in [0.4, 0.5) is 0 Å². The van der Waals surface area contributed by atoms with Crippen molar-refractivity contribution in [3.8, 4) is 0 Å². The minimum atomic E-state index is -1.15. The largest absolute Gasteiger partial charge is 0.388 e. The Morgan fingerprint density at radius 2 is 1.90 bits per heavy atom. The van der Waals surface area contributed by atoms with E-state index in [4.69, 9.17) is 9.47 Å². The predicted octanol–water partition coefficient (Wildman–Crippen LogP) is -0.400. The highest BCUT2D eigenvalue weighted by atomic mass is 16.5. The number of nitrogens with zero attached hydrogens (tertiary/aromatic N) is 2. The molecule has 2 amide bonds. The lowest BCUT2D eigenvalue weighted by atomic mass is 10.1. The maximum atomic E-state index is 12.1. The van der Waals surface area contributed by atoms with Gasteiger partial charge in [-0.3, -0.25) is 14.5 Å². The Balaban J connectivity index is 2.77. The van der Waals surface area contributed by atoms with Gasteiger partial charge in [0.2, 0.25) is 11.8 Å². The molecule has 29 heavy (non-hydrogen) atoms. The molecule has 170 valence electrons. The highest BCUT2D eigenvalue weighted by Gasteiger charge is 2.29. The second-order valence-corrected chi connectivity index (χ2v) is 7.56. The summed E-state index contributed by atoms with van der Waals surface area (Å²) >= 11 is 0. The fourth-order valence-electron chi connectivity index (χ4n) is 3.28. The number of hydrogen-bond acceptors (Lipinski definition) is 7. The van der Waals surface area contributed by atoms with E-state index in [2.05, 4.69) is 10.2 Å². The van der Waals surface area contributed by atoms with Gasteiger partial charge >= 0.3 is 0 Å². The number of hydrogen-bond donors (Lipinski definition) is 3. The molecule has 0 aromatic carbocycles. The van der Waals surface area contributed by atoms with Gasteiger partial charge in [0.05, 0.1) is 13.2 Å². The van der Waals surface area contributed by atoms with E-state index in [1.165, 1.54) is 14.0 Å². The fraction of sp³-hybridized carbons (Fsp3) is 0.900. The highest BCUT2D eigenvalue weighted by molar-refractivity contribution is 5.78. The van der Waals surface area contributed by atoms with Gasteiger partial charge in [-0.05, 0) is 32.2 Å². The summed E-state index contributed by atoms with van der Waals surface area (Å²) < 4.78 is 10.8. The van der Waals surface area contributed by atoms with E-state index < -0.39 is 18.3 Å². The van der Waals surface area contributed by atoms with Crippen LogP contribution in [0.15, 0.2) is 0 Å². The molecular formula is C20H39N3O6. The van der Waals surface area contributed by atoms with Crippen LogP contribution in [0.2, 0.25) is 0 Å². The lowest BCUT2D eigenvalue weighted by Crippen LogP contribution is -2.48. The summed E-state index contributed by atoms with van der Waals surface area (Å²) in [7, 11) is 1.45. The van der Waals surface area contributed by atoms with Gasteiger partial charge in [0.25, 0.3) is 0 Å². The molecule has 0 aromatic rings. The molecule has 0 aliphatic carbocycles. The molecule has 9 heteroatoms. The molecule has 0 radical (unpaired) electrons. The van der Waals surface area contributed by atoms with Gasteiger partial charge in [0, 0.05) is 46.8 Å². The molecule has 0 unspecified atom stereocenters. The molecule has 1 aliphatic heterocycles. The van der Waals surface area contributed by atoms with E-state index in [0.717, 1.165) is 25.8 Å². The van der Waals surface area contributed by atoms with Crippen molar-refractivity contribution in [2.45, 2.75) is 57.8 Å². The topological polar surface area (TPSA) is 112 Å². The molecule has 0 bridgehead atoms. The number of rotatable bonds is 5. The SMILES string of the molecule is CCCNC(=O)CN1CCCCOC[C@H](O)[C@H](O)[C@@H](OC)CN(C(C)=O)CCC1. The first-order chi connectivity index (χ1) is 13.9. The molecular weight excluding hydrogens is 378 g/mol. The monoisotopic (exact) mass is 417 g/mol. The zero-order valence-corrected chi connectivity index (χ0v) is 18.1. The normalized spacial score (nSPS) is 26.4. The second kappa shape index (κ2) is 14.7. The highest BCUT2D eigenvalue weighted by Crippen LogP contribution is 2.10. The Kier molecular flexibility index (Phi) is 13.0. The predicted molar refractivity (Wildman–Crippen MR) is 109 cm³/mol. The third kappa shape index (κ3) is 10.4. The van der Waals surface area contributed by atoms with E-state index in [0.29, 0.717) is 39.2 Å². The molecule has 9 nitrogen and oxygen atoms in total. The second-order valence-electron chi connectivity index (χ2n) is 7.56. The maximum Gasteiger partial charge on any atom is 0.234 e. The first-order valence-corrected chi connectivity index (χ1v) is 10.6. The van der Waals surface area contributed by atoms with Crippen molar-refractivity contribution in [1.82, 2.24) is 15.1 Å². The van der Waals surface area contributed by atoms with Gasteiger partial charge in [0.1, 0.15) is 18.3 Å². The average molecular weight is 418 g/mol. The van der Waals surface area contributed by atoms with Gasteiger partial charge in [-0.1, -0.05) is 6.92 Å². The van der Waals surface area contributed by atoms with Gasteiger partial charge in [-0.15, -0.1) is 0 Å². The number of nitrogens with one attached hydrogen (secondary N) is 1. The zero-order valence-electron chi connectivity index (χ0n) is 18.1. The number of aliphatic hydroxyl groups excluding tert-OH is 2. The molecule has 3 atom stereocenters. The molecule has 0 saturated carbocycles. The third-order valence-corrected chi connectivity index (χ3v) is 5.07. The summed E-state index contributed by atoms with van der Waals surface area (Å²) in [6.45, 7) is 7.08. The van der Waals surface area contributed by atoms with Crippen LogP contribution in [0.1, 0.15) is 39.5 Å². The van der Waals surface area contributed by atoms with Crippen molar-refractivity contribution in [3.63, 3.8) is 0 Å². The van der Waals surface area contributed by atoms with Crippen LogP contribution in [0.5, 0.6) is 0 Å². The number of methoxy groups -OCH3 is 1. The van der Waals surface area contributed by atoms with Gasteiger partial charge in [0.15, 0.2) is 0 Å². The number of carbonyl (C=O) groups is 2. The van der Waals surface area contributed by atoms with Crippen molar-refractivity contribution >= 4 is 11.8 Å². The Morgan fingerprint density at radius 1 is 1.17 bits per heavy atom. The Morgan fingerprint density at radius 3 is 2.55 bits per heavy atom. The lowest BCUT2D eigenvalue weighted by molar-refractivity contribution is -0.136. The van der Waals surface area contributed by atoms with E-state index in [1.807, 2.05) is 6.92 Å². The number of aliphatic hydroxyl groups is 2. The van der Waals surface area contributed by atoms with Crippen molar-refractivity contribution in [3.05, 3.63) is 0 Å². The quantitative estimate of drug-likeness (QED) is 0.558. The van der Waals surface area contributed by atoms with Crippen LogP contribution in [0, 0.1) is 0 Å². The summed E-state index contributed by atoms with van der Waals surface area (Å²) in [5.74, 6) is -0.114. The Bertz CT molecular complexity index is 479. The van der Waals surface area contributed by atoms with Crippen molar-refractivity contribution < 1.29 is 29.3 Å². The number of amides is 2. The number of carbonyl (C=O) groups excluding carboxylic acids is 2. The van der Waals surface area contributed by atoms with Crippen LogP contribution in [-0.4, -0.2) is 110 Å². The van der Waals surface area contributed by atoms with Crippen molar-refractivity contribution in [1.29, 1.82) is 0 Å². The number of ether oxygens (including phenoxy) is 2. The standard InChI is InChI=1S/C20H39N3O6/c1-4-8-21-19(26)14-22-9-5-6-12-29-15-17(25)20(27)18(28-3)13-23(16(2)24)11-7-10-22/h17-18,20,25,27H,4-15H2,1-3H3,(H,21,26)/t17-,18-,20-/m0/s1. The van der Waals surface area contributed by atoms with E-state index >= 15 is 0 Å². The zero-order chi connectivity index (χ0) is 21.6. The summed E-state index contributed by atoms with van der Waals surface area (Å²) in [6, 6.07) is 0. The molecule has 3 N–H and O–H groups in total. The van der Waals surface area contributed by atoms with Crippen molar-refractivity contribution in [2.75, 3.05) is 59.6 Å². The average Bonchev–Trinajstić information content (AvgIpc) is 2.69. The summed E-state index contributed by atoms with van der Waals surface area (Å²) in [5, 5.41) is 23.4. The molecule has 1 fully saturated rings. The van der Waals surface area contributed by atoms with Crippen LogP contribution in [-0.2, 0) is 19.1 Å². The molecule has 1 aliphatic rings. The summed E-state index contributed by atoms with van der Waals surface area (Å²) in [4.78, 5) is 27.9. The molecule has 1 saturated heterocycles. The lowest BCUT2D eigenvalue weighted by Gasteiger charge is -2.31. The molecule has 0 aromatic heterocycles. The van der Waals surface area contributed by atoms with E-state index in [1.54, 1.807) is 4.90 Å². The van der Waals surface area contributed by atoms with Crippen LogP contribution in [0.3, 0.4) is 0 Å². The van der Waals surface area contributed by atoms with E-state index in [9.17, 15) is 19.8 Å². The first kappa shape index (κ1) is 25.8. The minimum Gasteiger partial charge on any atom is -0.388 e. The molecule has 0 spiro atoms. The molecule has 1 heterocycles. The maximum absolute atomic E-state index is 12.1. The van der Waals surface area contributed by atoms with Crippen LogP contribution >= 0.6 is 0 Å². The Hall–Kier alpha value is -1.26. The Labute approximate surface area is 174 Å².